The van der Waals surface area contributed by atoms with Gasteiger partial charge in [0, 0.05) is 14.1 Å². The highest BCUT2D eigenvalue weighted by Crippen LogP contribution is 1.92. The number of nitrogens with zero attached hydrogens (tertiary/aromatic N) is 2. The van der Waals surface area contributed by atoms with Gasteiger partial charge in [0.25, 0.3) is 0 Å². The molecule has 7 heavy (non-hydrogen) atoms. The first-order valence-corrected chi connectivity index (χ1v) is 2.98. The average Bonchev–Trinajstić information content (AvgIpc) is 1.65. The molecule has 0 aliphatic heterocycles. The van der Waals surface area contributed by atoms with E-state index >= 15 is 0 Å². The van der Waals surface area contributed by atoms with Gasteiger partial charge in [-0.05, 0) is 6.92 Å². The van der Waals surface area contributed by atoms with Crippen molar-refractivity contribution in [3.63, 3.8) is 0 Å². The van der Waals surface area contributed by atoms with Crippen molar-refractivity contribution in [2.45, 2.75) is 6.92 Å². The van der Waals surface area contributed by atoms with Crippen molar-refractivity contribution >= 4 is 28.7 Å². The monoisotopic (exact) mass is 212 g/mol. The van der Waals surface area contributed by atoms with Crippen LogP contribution in [0.5, 0.6) is 0 Å². The van der Waals surface area contributed by atoms with E-state index in [1.54, 1.807) is 7.05 Å². The minimum atomic E-state index is 1.04. The zero-order chi connectivity index (χ0) is 5.86. The van der Waals surface area contributed by atoms with Gasteiger partial charge in [0.15, 0.2) is 0 Å². The molecule has 0 fully saturated rings. The molecule has 3 heteroatoms. The Bertz CT molecular complexity index is 77.8. The molecule has 0 aromatic heterocycles. The molecule has 0 atom stereocenters. The third-order valence-electron chi connectivity index (χ3n) is 0.770. The van der Waals surface area contributed by atoms with Crippen molar-refractivity contribution < 1.29 is 0 Å². The maximum absolute atomic E-state index is 3.92. The second-order valence-corrected chi connectivity index (χ2v) is 2.70. The number of aliphatic imine (C=N–C) groups is 1. The van der Waals surface area contributed by atoms with Crippen LogP contribution in [0, 0.1) is 0 Å². The SMILES string of the molecule is CN=C(C)N(C)I. The topological polar surface area (TPSA) is 15.6 Å². The number of amidine groups is 1. The fraction of sp³-hybridized carbons (Fsp3) is 0.750. The Hall–Kier alpha value is 0.200. The highest BCUT2D eigenvalue weighted by atomic mass is 127. The summed E-state index contributed by atoms with van der Waals surface area (Å²) in [6, 6.07) is 0. The summed E-state index contributed by atoms with van der Waals surface area (Å²) in [5.41, 5.74) is 0. The summed E-state index contributed by atoms with van der Waals surface area (Å²) in [5, 5.41) is 0. The van der Waals surface area contributed by atoms with E-state index in [1.165, 1.54) is 0 Å². The molecule has 2 nitrogen and oxygen atoms in total. The van der Waals surface area contributed by atoms with E-state index in [4.69, 9.17) is 0 Å². The van der Waals surface area contributed by atoms with Crippen LogP contribution >= 0.6 is 22.9 Å². The fourth-order valence-corrected chi connectivity index (χ4v) is 0.354. The van der Waals surface area contributed by atoms with Crippen LogP contribution in [-0.2, 0) is 0 Å². The van der Waals surface area contributed by atoms with E-state index in [0.717, 1.165) is 5.84 Å². The van der Waals surface area contributed by atoms with E-state index < -0.39 is 0 Å². The Morgan fingerprint density at radius 2 is 2.14 bits per heavy atom. The first-order chi connectivity index (χ1) is 3.18. The molecule has 0 aromatic carbocycles. The minimum absolute atomic E-state index is 1.04. The quantitative estimate of drug-likeness (QED) is 0.256. The van der Waals surface area contributed by atoms with Gasteiger partial charge in [-0.3, -0.25) is 4.99 Å². The van der Waals surface area contributed by atoms with Gasteiger partial charge in [0.1, 0.15) is 5.84 Å². The largest absolute Gasteiger partial charge is 0.306 e. The van der Waals surface area contributed by atoms with E-state index in [1.807, 2.05) is 17.1 Å². The van der Waals surface area contributed by atoms with Crippen LogP contribution in [0.2, 0.25) is 0 Å². The lowest BCUT2D eigenvalue weighted by atomic mass is 10.7. The van der Waals surface area contributed by atoms with Crippen LogP contribution in [0.1, 0.15) is 6.92 Å². The molecule has 0 saturated heterocycles. The minimum Gasteiger partial charge on any atom is -0.306 e. The van der Waals surface area contributed by atoms with Crippen LogP contribution < -0.4 is 0 Å². The Balaban J connectivity index is 3.56. The van der Waals surface area contributed by atoms with Gasteiger partial charge in [-0.1, -0.05) is 0 Å². The molecular weight excluding hydrogens is 203 g/mol. The first-order valence-electron chi connectivity index (χ1n) is 2.01. The van der Waals surface area contributed by atoms with Crippen molar-refractivity contribution in [2.75, 3.05) is 14.1 Å². The van der Waals surface area contributed by atoms with Crippen molar-refractivity contribution in [1.82, 2.24) is 3.11 Å². The lowest BCUT2D eigenvalue weighted by Crippen LogP contribution is -2.10. The van der Waals surface area contributed by atoms with Crippen LogP contribution in [0.25, 0.3) is 0 Å². The average molecular weight is 212 g/mol. The number of hydrogen-bond donors (Lipinski definition) is 0. The van der Waals surface area contributed by atoms with E-state index in [0.29, 0.717) is 0 Å². The number of halogens is 1. The second-order valence-electron chi connectivity index (χ2n) is 1.25. The van der Waals surface area contributed by atoms with Crippen LogP contribution in [-0.4, -0.2) is 23.0 Å². The molecule has 0 aliphatic rings. The molecule has 0 rings (SSSR count). The Labute approximate surface area is 58.1 Å². The summed E-state index contributed by atoms with van der Waals surface area (Å²) in [7, 11) is 3.74. The van der Waals surface area contributed by atoms with Crippen LogP contribution in [0.3, 0.4) is 0 Å². The van der Waals surface area contributed by atoms with E-state index in [-0.39, 0.29) is 0 Å². The second kappa shape index (κ2) is 3.23. The fourth-order valence-electron chi connectivity index (χ4n) is 0.138. The number of rotatable bonds is 0. The maximum Gasteiger partial charge on any atom is 0.104 e. The smallest absolute Gasteiger partial charge is 0.104 e. The third kappa shape index (κ3) is 2.85. The molecule has 0 radical (unpaired) electrons. The summed E-state index contributed by atoms with van der Waals surface area (Å²) in [4.78, 5) is 3.92. The third-order valence-corrected chi connectivity index (χ3v) is 1.47. The summed E-state index contributed by atoms with van der Waals surface area (Å²) in [6.07, 6.45) is 0. The van der Waals surface area contributed by atoms with Gasteiger partial charge in [-0.25, -0.2) is 0 Å². The highest BCUT2D eigenvalue weighted by molar-refractivity contribution is 14.1. The molecule has 0 heterocycles. The maximum atomic E-state index is 3.92. The lowest BCUT2D eigenvalue weighted by Gasteiger charge is -2.05. The van der Waals surface area contributed by atoms with Gasteiger partial charge >= 0.3 is 0 Å². The van der Waals surface area contributed by atoms with E-state index in [9.17, 15) is 0 Å². The highest BCUT2D eigenvalue weighted by Gasteiger charge is 1.87. The van der Waals surface area contributed by atoms with Gasteiger partial charge in [0.05, 0.1) is 22.9 Å². The Kier molecular flexibility index (Phi) is 3.33. The lowest BCUT2D eigenvalue weighted by molar-refractivity contribution is 0.892. The van der Waals surface area contributed by atoms with Gasteiger partial charge in [0.2, 0.25) is 0 Å². The molecule has 0 N–H and O–H groups in total. The predicted octanol–water partition coefficient (Wildman–Crippen LogP) is 1.32. The van der Waals surface area contributed by atoms with Gasteiger partial charge in [-0.2, -0.15) is 0 Å². The first kappa shape index (κ1) is 7.20. The van der Waals surface area contributed by atoms with Gasteiger partial charge < -0.3 is 3.11 Å². The van der Waals surface area contributed by atoms with Crippen molar-refractivity contribution in [3.8, 4) is 0 Å². The van der Waals surface area contributed by atoms with Crippen LogP contribution in [0.4, 0.5) is 0 Å². The molecule has 0 spiro atoms. The summed E-state index contributed by atoms with van der Waals surface area (Å²) < 4.78 is 1.94. The molecule has 0 bridgehead atoms. The molecule has 0 aromatic rings. The molecule has 42 valence electrons. The molecule has 0 saturated carbocycles. The van der Waals surface area contributed by atoms with Crippen LogP contribution in [0.15, 0.2) is 4.99 Å². The van der Waals surface area contributed by atoms with Crippen molar-refractivity contribution in [3.05, 3.63) is 0 Å². The normalized spacial score (nSPS) is 11.7. The predicted molar refractivity (Wildman–Crippen MR) is 40.8 cm³/mol. The Morgan fingerprint density at radius 1 is 1.71 bits per heavy atom. The number of hydrogen-bond acceptors (Lipinski definition) is 1. The standard InChI is InChI=1S/C4H9IN2/c1-4(6-2)7(3)5/h1-3H3. The summed E-state index contributed by atoms with van der Waals surface area (Å²) >= 11 is 2.17. The van der Waals surface area contributed by atoms with Gasteiger partial charge in [-0.15, -0.1) is 0 Å². The Morgan fingerprint density at radius 3 is 2.14 bits per heavy atom. The summed E-state index contributed by atoms with van der Waals surface area (Å²) in [6.45, 7) is 1.96. The van der Waals surface area contributed by atoms with Crippen molar-refractivity contribution in [1.29, 1.82) is 0 Å². The molecule has 0 amide bonds. The molecule has 0 unspecified atom stereocenters. The van der Waals surface area contributed by atoms with Crippen molar-refractivity contribution in [2.24, 2.45) is 4.99 Å². The zero-order valence-electron chi connectivity index (χ0n) is 4.77. The molecular formula is C4H9IN2. The zero-order valence-corrected chi connectivity index (χ0v) is 6.93. The summed E-state index contributed by atoms with van der Waals surface area (Å²) in [5.74, 6) is 1.04. The molecule has 0 aliphatic carbocycles. The van der Waals surface area contributed by atoms with E-state index in [2.05, 4.69) is 27.9 Å².